The van der Waals surface area contributed by atoms with Crippen LogP contribution >= 0.6 is 0 Å². The van der Waals surface area contributed by atoms with E-state index >= 15 is 0 Å². The van der Waals surface area contributed by atoms with Gasteiger partial charge in [0.2, 0.25) is 15.9 Å². The Hall–Kier alpha value is -2.41. The SMILES string of the molecule is CCc1ccc(N(CCC(=O)NCc2ccccn2)S(C)(=O)=O)cc1. The summed E-state index contributed by atoms with van der Waals surface area (Å²) in [5.41, 5.74) is 2.45. The number of rotatable bonds is 8. The minimum absolute atomic E-state index is 0.0788. The monoisotopic (exact) mass is 361 g/mol. The molecule has 1 amide bonds. The first-order valence-electron chi connectivity index (χ1n) is 8.13. The second-order valence-electron chi connectivity index (χ2n) is 5.70. The summed E-state index contributed by atoms with van der Waals surface area (Å²) in [6.07, 6.45) is 3.77. The molecule has 25 heavy (non-hydrogen) atoms. The zero-order valence-electron chi connectivity index (χ0n) is 14.5. The van der Waals surface area contributed by atoms with Gasteiger partial charge in [-0.25, -0.2) is 8.42 Å². The number of aryl methyl sites for hydroxylation is 1. The van der Waals surface area contributed by atoms with Crippen molar-refractivity contribution in [1.82, 2.24) is 10.3 Å². The maximum atomic E-state index is 12.1. The lowest BCUT2D eigenvalue weighted by Crippen LogP contribution is -2.34. The zero-order valence-corrected chi connectivity index (χ0v) is 15.3. The molecule has 0 saturated heterocycles. The van der Waals surface area contributed by atoms with Crippen molar-refractivity contribution in [2.45, 2.75) is 26.3 Å². The molecule has 6 nitrogen and oxygen atoms in total. The molecule has 2 aromatic rings. The number of amides is 1. The molecular weight excluding hydrogens is 338 g/mol. The van der Waals surface area contributed by atoms with Gasteiger partial charge in [0.15, 0.2) is 0 Å². The van der Waals surface area contributed by atoms with Crippen molar-refractivity contribution in [2.75, 3.05) is 17.1 Å². The van der Waals surface area contributed by atoms with Gasteiger partial charge in [0.1, 0.15) is 0 Å². The number of carbonyl (C=O) groups is 1. The summed E-state index contributed by atoms with van der Waals surface area (Å²) in [6, 6.07) is 12.8. The normalized spacial score (nSPS) is 11.1. The number of carbonyl (C=O) groups excluding carboxylic acids is 1. The molecule has 134 valence electrons. The number of hydrogen-bond donors (Lipinski definition) is 1. The van der Waals surface area contributed by atoms with Crippen LogP contribution in [0.1, 0.15) is 24.6 Å². The van der Waals surface area contributed by atoms with Gasteiger partial charge >= 0.3 is 0 Å². The van der Waals surface area contributed by atoms with E-state index in [1.54, 1.807) is 24.4 Å². The first kappa shape index (κ1) is 18.9. The predicted octanol–water partition coefficient (Wildman–Crippen LogP) is 2.12. The third-order valence-electron chi connectivity index (χ3n) is 3.77. The Balaban J connectivity index is 1.96. The van der Waals surface area contributed by atoms with Crippen LogP contribution in [0.3, 0.4) is 0 Å². The molecule has 0 aliphatic rings. The van der Waals surface area contributed by atoms with Crippen molar-refractivity contribution in [2.24, 2.45) is 0 Å². The van der Waals surface area contributed by atoms with Gasteiger partial charge in [0.25, 0.3) is 0 Å². The summed E-state index contributed by atoms with van der Waals surface area (Å²) in [5.74, 6) is -0.218. The average Bonchev–Trinajstić information content (AvgIpc) is 2.60. The molecule has 0 radical (unpaired) electrons. The molecule has 1 N–H and O–H groups in total. The number of pyridine rings is 1. The van der Waals surface area contributed by atoms with Crippen molar-refractivity contribution in [1.29, 1.82) is 0 Å². The van der Waals surface area contributed by atoms with E-state index < -0.39 is 10.0 Å². The molecule has 0 bridgehead atoms. The Morgan fingerprint density at radius 3 is 2.44 bits per heavy atom. The maximum absolute atomic E-state index is 12.1. The van der Waals surface area contributed by atoms with E-state index in [4.69, 9.17) is 0 Å². The Kier molecular flexibility index (Phi) is 6.52. The van der Waals surface area contributed by atoms with E-state index in [1.807, 2.05) is 31.2 Å². The fourth-order valence-electron chi connectivity index (χ4n) is 2.37. The smallest absolute Gasteiger partial charge is 0.232 e. The molecule has 0 atom stereocenters. The van der Waals surface area contributed by atoms with Crippen LogP contribution in [0.15, 0.2) is 48.7 Å². The van der Waals surface area contributed by atoms with Crippen LogP contribution in [0.5, 0.6) is 0 Å². The highest BCUT2D eigenvalue weighted by atomic mass is 32.2. The summed E-state index contributed by atoms with van der Waals surface area (Å²) in [5, 5.41) is 2.75. The van der Waals surface area contributed by atoms with Crippen LogP contribution in [-0.4, -0.2) is 32.1 Å². The summed E-state index contributed by atoms with van der Waals surface area (Å²) in [7, 11) is -3.46. The second-order valence-corrected chi connectivity index (χ2v) is 7.61. The average molecular weight is 361 g/mol. The van der Waals surface area contributed by atoms with E-state index in [1.165, 1.54) is 4.31 Å². The van der Waals surface area contributed by atoms with Crippen molar-refractivity contribution < 1.29 is 13.2 Å². The minimum atomic E-state index is -3.46. The maximum Gasteiger partial charge on any atom is 0.232 e. The Bertz CT molecular complexity index is 790. The fraction of sp³-hybridized carbons (Fsp3) is 0.333. The molecular formula is C18H23N3O3S. The lowest BCUT2D eigenvalue weighted by atomic mass is 10.1. The number of hydrogen-bond acceptors (Lipinski definition) is 4. The number of benzene rings is 1. The Morgan fingerprint density at radius 2 is 1.88 bits per heavy atom. The highest BCUT2D eigenvalue weighted by Gasteiger charge is 2.18. The van der Waals surface area contributed by atoms with Crippen molar-refractivity contribution in [3.63, 3.8) is 0 Å². The molecule has 2 rings (SSSR count). The first-order chi connectivity index (χ1) is 11.9. The van der Waals surface area contributed by atoms with E-state index in [2.05, 4.69) is 10.3 Å². The van der Waals surface area contributed by atoms with Gasteiger partial charge in [-0.05, 0) is 36.2 Å². The van der Waals surface area contributed by atoms with Gasteiger partial charge in [0, 0.05) is 19.2 Å². The topological polar surface area (TPSA) is 79.4 Å². The van der Waals surface area contributed by atoms with Crippen LogP contribution in [-0.2, 0) is 27.8 Å². The second kappa shape index (κ2) is 8.62. The van der Waals surface area contributed by atoms with E-state index in [0.29, 0.717) is 12.2 Å². The predicted molar refractivity (Wildman–Crippen MR) is 98.7 cm³/mol. The van der Waals surface area contributed by atoms with E-state index in [-0.39, 0.29) is 18.9 Å². The van der Waals surface area contributed by atoms with Gasteiger partial charge < -0.3 is 5.32 Å². The van der Waals surface area contributed by atoms with E-state index in [0.717, 1.165) is 23.9 Å². The largest absolute Gasteiger partial charge is 0.350 e. The van der Waals surface area contributed by atoms with E-state index in [9.17, 15) is 13.2 Å². The fourth-order valence-corrected chi connectivity index (χ4v) is 3.30. The van der Waals surface area contributed by atoms with Gasteiger partial charge in [-0.15, -0.1) is 0 Å². The number of aromatic nitrogens is 1. The van der Waals surface area contributed by atoms with Crippen LogP contribution in [0.25, 0.3) is 0 Å². The van der Waals surface area contributed by atoms with Crippen LogP contribution in [0.2, 0.25) is 0 Å². The van der Waals surface area contributed by atoms with Crippen LogP contribution < -0.4 is 9.62 Å². The summed E-state index contributed by atoms with van der Waals surface area (Å²) >= 11 is 0. The molecule has 0 aliphatic carbocycles. The summed E-state index contributed by atoms with van der Waals surface area (Å²) < 4.78 is 25.4. The standard InChI is InChI=1S/C18H23N3O3S/c1-3-15-7-9-17(10-8-15)21(25(2,23)24)13-11-18(22)20-14-16-6-4-5-12-19-16/h4-10,12H,3,11,13-14H2,1-2H3,(H,20,22). The highest BCUT2D eigenvalue weighted by Crippen LogP contribution is 2.19. The lowest BCUT2D eigenvalue weighted by Gasteiger charge is -2.22. The molecule has 0 aliphatic heterocycles. The van der Waals surface area contributed by atoms with Gasteiger partial charge in [0.05, 0.1) is 24.2 Å². The molecule has 0 unspecified atom stereocenters. The Labute approximate surface area is 148 Å². The first-order valence-corrected chi connectivity index (χ1v) is 9.98. The third-order valence-corrected chi connectivity index (χ3v) is 4.96. The van der Waals surface area contributed by atoms with Gasteiger partial charge in [-0.3, -0.25) is 14.1 Å². The lowest BCUT2D eigenvalue weighted by molar-refractivity contribution is -0.121. The van der Waals surface area contributed by atoms with Gasteiger partial charge in [-0.1, -0.05) is 25.1 Å². The molecule has 1 aromatic carbocycles. The molecule has 7 heteroatoms. The van der Waals surface area contributed by atoms with Crippen molar-refractivity contribution >= 4 is 21.6 Å². The molecule has 0 fully saturated rings. The van der Waals surface area contributed by atoms with Crippen LogP contribution in [0.4, 0.5) is 5.69 Å². The quantitative estimate of drug-likeness (QED) is 0.781. The van der Waals surface area contributed by atoms with Gasteiger partial charge in [-0.2, -0.15) is 0 Å². The van der Waals surface area contributed by atoms with Crippen molar-refractivity contribution in [3.05, 3.63) is 59.9 Å². The molecule has 1 heterocycles. The molecule has 1 aromatic heterocycles. The van der Waals surface area contributed by atoms with Crippen LogP contribution in [0, 0.1) is 0 Å². The number of anilines is 1. The minimum Gasteiger partial charge on any atom is -0.350 e. The molecule has 0 spiro atoms. The summed E-state index contributed by atoms with van der Waals surface area (Å²) in [4.78, 5) is 16.1. The number of nitrogens with one attached hydrogen (secondary N) is 1. The number of nitrogens with zero attached hydrogens (tertiary/aromatic N) is 2. The zero-order chi connectivity index (χ0) is 18.3. The Morgan fingerprint density at radius 1 is 1.16 bits per heavy atom. The molecule has 0 saturated carbocycles. The van der Waals surface area contributed by atoms with Crippen molar-refractivity contribution in [3.8, 4) is 0 Å². The summed E-state index contributed by atoms with van der Waals surface area (Å²) in [6.45, 7) is 2.46. The third kappa shape index (κ3) is 5.86. The highest BCUT2D eigenvalue weighted by molar-refractivity contribution is 7.92. The number of sulfonamides is 1.